The Hall–Kier alpha value is -1.00. The lowest BCUT2D eigenvalue weighted by atomic mass is 9.98. The van der Waals surface area contributed by atoms with E-state index in [-0.39, 0.29) is 10.8 Å². The van der Waals surface area contributed by atoms with Gasteiger partial charge in [-0.3, -0.25) is 0 Å². The number of hydrogen-bond donors (Lipinski definition) is 0. The predicted molar refractivity (Wildman–Crippen MR) is 78.5 cm³/mol. The van der Waals surface area contributed by atoms with Gasteiger partial charge < -0.3 is 4.74 Å². The van der Waals surface area contributed by atoms with Crippen LogP contribution in [0.1, 0.15) is 38.7 Å². The molecule has 106 valence electrons. The van der Waals surface area contributed by atoms with Crippen molar-refractivity contribution in [3.05, 3.63) is 35.9 Å². The maximum absolute atomic E-state index is 11.4. The van der Waals surface area contributed by atoms with E-state index in [0.29, 0.717) is 12.4 Å². The normalized spacial score (nSPS) is 13.1. The number of halogens is 1. The molecule has 0 N–H and O–H groups in total. The van der Waals surface area contributed by atoms with Crippen LogP contribution in [-0.2, 0) is 9.05 Å². The van der Waals surface area contributed by atoms with E-state index in [0.717, 1.165) is 17.6 Å². The Kier molecular flexibility index (Phi) is 5.44. The highest BCUT2D eigenvalue weighted by atomic mass is 35.7. The van der Waals surface area contributed by atoms with Gasteiger partial charge in [-0.1, -0.05) is 20.4 Å². The minimum Gasteiger partial charge on any atom is -0.489 e. The molecule has 5 heteroatoms. The minimum absolute atomic E-state index is 0.104. The molecule has 0 saturated carbocycles. The molecule has 0 aliphatic heterocycles. The Morgan fingerprint density at radius 2 is 2.11 bits per heavy atom. The highest BCUT2D eigenvalue weighted by Gasteiger charge is 2.16. The quantitative estimate of drug-likeness (QED) is 0.587. The largest absolute Gasteiger partial charge is 0.489 e. The molecule has 19 heavy (non-hydrogen) atoms. The summed E-state index contributed by atoms with van der Waals surface area (Å²) in [5.74, 6) is 0.875. The fourth-order valence-corrected chi connectivity index (χ4v) is 2.40. The Morgan fingerprint density at radius 3 is 2.58 bits per heavy atom. The van der Waals surface area contributed by atoms with E-state index in [4.69, 9.17) is 15.4 Å². The van der Waals surface area contributed by atoms with E-state index in [1.54, 1.807) is 12.1 Å². The summed E-state index contributed by atoms with van der Waals surface area (Å²) in [7, 11) is 1.66. The maximum atomic E-state index is 11.4. The molecule has 0 bridgehead atoms. The van der Waals surface area contributed by atoms with Gasteiger partial charge in [0.2, 0.25) is 0 Å². The van der Waals surface area contributed by atoms with Gasteiger partial charge in [-0.05, 0) is 48.6 Å². The second-order valence-electron chi connectivity index (χ2n) is 4.69. The van der Waals surface area contributed by atoms with Crippen LogP contribution in [0.4, 0.5) is 0 Å². The van der Waals surface area contributed by atoms with Gasteiger partial charge in [-0.15, -0.1) is 0 Å². The lowest BCUT2D eigenvalue weighted by Crippen LogP contribution is -2.04. The van der Waals surface area contributed by atoms with Gasteiger partial charge in [0.1, 0.15) is 12.4 Å². The van der Waals surface area contributed by atoms with E-state index in [1.165, 1.54) is 6.07 Å². The summed E-state index contributed by atoms with van der Waals surface area (Å²) < 4.78 is 28.4. The van der Waals surface area contributed by atoms with Crippen LogP contribution >= 0.6 is 10.7 Å². The van der Waals surface area contributed by atoms with Crippen LogP contribution in [0.5, 0.6) is 5.75 Å². The fraction of sp³-hybridized carbons (Fsp3) is 0.429. The first-order valence-electron chi connectivity index (χ1n) is 6.11. The standard InChI is InChI=1S/C14H19ClO3S/c1-5-11(4)13-8-12(19(15,16)17)6-7-14(13)18-9-10(2)3/h6-8,11H,2,5,9H2,1,3-4H3. The lowest BCUT2D eigenvalue weighted by molar-refractivity contribution is 0.346. The monoisotopic (exact) mass is 302 g/mol. The van der Waals surface area contributed by atoms with E-state index in [2.05, 4.69) is 6.58 Å². The van der Waals surface area contributed by atoms with Crippen LogP contribution in [0.15, 0.2) is 35.2 Å². The number of rotatable bonds is 6. The van der Waals surface area contributed by atoms with E-state index in [1.807, 2.05) is 20.8 Å². The van der Waals surface area contributed by atoms with Gasteiger partial charge in [-0.25, -0.2) is 8.42 Å². The van der Waals surface area contributed by atoms with Crippen molar-refractivity contribution in [3.8, 4) is 5.75 Å². The minimum atomic E-state index is -3.72. The molecule has 0 amide bonds. The van der Waals surface area contributed by atoms with Crippen LogP contribution in [-0.4, -0.2) is 15.0 Å². The molecule has 0 heterocycles. The predicted octanol–water partition coefficient (Wildman–Crippen LogP) is 4.08. The summed E-state index contributed by atoms with van der Waals surface area (Å²) in [5.41, 5.74) is 1.76. The lowest BCUT2D eigenvalue weighted by Gasteiger charge is -2.16. The molecule has 1 aromatic rings. The molecule has 0 saturated heterocycles. The van der Waals surface area contributed by atoms with Crippen LogP contribution in [0, 0.1) is 0 Å². The molecular formula is C14H19ClO3S. The van der Waals surface area contributed by atoms with Crippen molar-refractivity contribution in [3.63, 3.8) is 0 Å². The highest BCUT2D eigenvalue weighted by molar-refractivity contribution is 8.13. The number of hydrogen-bond acceptors (Lipinski definition) is 3. The summed E-state index contributed by atoms with van der Waals surface area (Å²) in [5, 5.41) is 0. The van der Waals surface area contributed by atoms with Gasteiger partial charge in [0, 0.05) is 10.7 Å². The number of benzene rings is 1. The summed E-state index contributed by atoms with van der Waals surface area (Å²) in [6, 6.07) is 4.70. The Morgan fingerprint density at radius 1 is 1.47 bits per heavy atom. The molecule has 0 aliphatic carbocycles. The number of ether oxygens (including phenoxy) is 1. The average Bonchev–Trinajstić information content (AvgIpc) is 2.34. The third kappa shape index (κ3) is 4.55. The molecule has 1 atom stereocenters. The van der Waals surface area contributed by atoms with Crippen molar-refractivity contribution < 1.29 is 13.2 Å². The van der Waals surface area contributed by atoms with Gasteiger partial charge >= 0.3 is 0 Å². The zero-order valence-electron chi connectivity index (χ0n) is 11.4. The summed E-state index contributed by atoms with van der Waals surface area (Å²) >= 11 is 0. The second kappa shape index (κ2) is 6.44. The van der Waals surface area contributed by atoms with Crippen LogP contribution < -0.4 is 4.74 Å². The van der Waals surface area contributed by atoms with Crippen molar-refractivity contribution in [2.24, 2.45) is 0 Å². The zero-order chi connectivity index (χ0) is 14.6. The van der Waals surface area contributed by atoms with Crippen molar-refractivity contribution in [1.82, 2.24) is 0 Å². The van der Waals surface area contributed by atoms with E-state index < -0.39 is 9.05 Å². The second-order valence-corrected chi connectivity index (χ2v) is 7.26. The molecule has 0 spiro atoms. The molecule has 3 nitrogen and oxygen atoms in total. The van der Waals surface area contributed by atoms with Gasteiger partial charge in [0.05, 0.1) is 4.90 Å². The van der Waals surface area contributed by atoms with Crippen molar-refractivity contribution in [2.75, 3.05) is 6.61 Å². The smallest absolute Gasteiger partial charge is 0.261 e. The Balaban J connectivity index is 3.20. The summed E-state index contributed by atoms with van der Waals surface area (Å²) in [6.45, 7) is 10.1. The fourth-order valence-electron chi connectivity index (χ4n) is 1.62. The molecule has 1 rings (SSSR count). The van der Waals surface area contributed by atoms with Crippen molar-refractivity contribution in [2.45, 2.75) is 38.0 Å². The Bertz CT molecular complexity index is 564. The third-order valence-corrected chi connectivity index (χ3v) is 4.23. The van der Waals surface area contributed by atoms with Crippen molar-refractivity contribution >= 4 is 19.7 Å². The molecule has 1 aromatic carbocycles. The first-order valence-corrected chi connectivity index (χ1v) is 8.42. The maximum Gasteiger partial charge on any atom is 0.261 e. The van der Waals surface area contributed by atoms with Crippen LogP contribution in [0.3, 0.4) is 0 Å². The zero-order valence-corrected chi connectivity index (χ0v) is 13.0. The Labute approximate surface area is 119 Å². The van der Waals surface area contributed by atoms with E-state index >= 15 is 0 Å². The SMILES string of the molecule is C=C(C)COc1ccc(S(=O)(=O)Cl)cc1C(C)CC. The van der Waals surface area contributed by atoms with Crippen LogP contribution in [0.25, 0.3) is 0 Å². The summed E-state index contributed by atoms with van der Waals surface area (Å²) in [4.78, 5) is 0.104. The molecule has 0 fully saturated rings. The average molecular weight is 303 g/mol. The molecule has 0 radical (unpaired) electrons. The van der Waals surface area contributed by atoms with Gasteiger partial charge in [0.15, 0.2) is 0 Å². The molecule has 0 aliphatic rings. The molecule has 1 unspecified atom stereocenters. The van der Waals surface area contributed by atoms with Crippen LogP contribution in [0.2, 0.25) is 0 Å². The third-order valence-electron chi connectivity index (χ3n) is 2.88. The molecule has 0 aromatic heterocycles. The molecular weight excluding hydrogens is 284 g/mol. The first kappa shape index (κ1) is 16.1. The first-order chi connectivity index (χ1) is 8.75. The van der Waals surface area contributed by atoms with Crippen molar-refractivity contribution in [1.29, 1.82) is 0 Å². The summed E-state index contributed by atoms with van der Waals surface area (Å²) in [6.07, 6.45) is 0.884. The van der Waals surface area contributed by atoms with Gasteiger partial charge in [-0.2, -0.15) is 0 Å². The topological polar surface area (TPSA) is 43.4 Å². The highest BCUT2D eigenvalue weighted by Crippen LogP contribution is 2.32. The van der Waals surface area contributed by atoms with E-state index in [9.17, 15) is 8.42 Å². The van der Waals surface area contributed by atoms with Gasteiger partial charge in [0.25, 0.3) is 9.05 Å².